The second kappa shape index (κ2) is 12.3. The summed E-state index contributed by atoms with van der Waals surface area (Å²) >= 11 is 13.0. The van der Waals surface area contributed by atoms with Crippen LogP contribution in [0.4, 0.5) is 5.82 Å². The number of carboxylic acids is 1. The van der Waals surface area contributed by atoms with Gasteiger partial charge in [0, 0.05) is 39.9 Å². The molecule has 5 heterocycles. The molecule has 1 unspecified atom stereocenters. The Hall–Kier alpha value is -4.80. The Balaban J connectivity index is 1.40. The van der Waals surface area contributed by atoms with Crippen LogP contribution in [-0.4, -0.2) is 47.3 Å². The van der Waals surface area contributed by atoms with E-state index in [0.717, 1.165) is 55.3 Å². The summed E-state index contributed by atoms with van der Waals surface area (Å²) in [5.74, 6) is -0.610. The van der Waals surface area contributed by atoms with Crippen molar-refractivity contribution in [2.45, 2.75) is 59.5 Å². The molecule has 0 radical (unpaired) electrons. The Morgan fingerprint density at radius 1 is 1.04 bits per heavy atom. The molecule has 1 aliphatic rings. The van der Waals surface area contributed by atoms with Crippen molar-refractivity contribution < 1.29 is 19.4 Å². The third-order valence-electron chi connectivity index (χ3n) is 9.68. The van der Waals surface area contributed by atoms with Crippen molar-refractivity contribution >= 4 is 57.4 Å². The van der Waals surface area contributed by atoms with E-state index in [0.29, 0.717) is 35.8 Å². The maximum absolute atomic E-state index is 15.3. The molecule has 252 valence electrons. The van der Waals surface area contributed by atoms with Gasteiger partial charge in [-0.25, -0.2) is 9.78 Å². The standard InChI is InChI=1S/C37H36Cl2N6O4/c1-19-16-25(17-20(2)31(19)39)49-15-9-10-27-26-13-12-24(38)18-28(26)44-23(5)33(30-21(3)41-42(6)22(30)4)45(36(46)34(27)44)35-32(37(47)48)40-29-11-7-8-14-43(29)35/h7-8,11-14,16-18,23,33H,9-10,15H2,1-6H3,(H,47,48)/t23?,33-/m0/s1. The SMILES string of the molecule is Cc1cc(OCCCc2c3n(c4cc(Cl)ccc24)C(C)[C@@H](c2c(C)nn(C)c2C)N(c2c(C(=O)O)nc4ccccn24)C3=O)cc(C)c1Cl. The first-order valence-electron chi connectivity index (χ1n) is 16.1. The molecule has 0 saturated heterocycles. The second-order valence-corrected chi connectivity index (χ2v) is 13.6. The summed E-state index contributed by atoms with van der Waals surface area (Å²) in [6, 6.07) is 13.9. The Kier molecular flexibility index (Phi) is 8.19. The van der Waals surface area contributed by atoms with E-state index in [2.05, 4.69) is 16.5 Å². The van der Waals surface area contributed by atoms with Crippen molar-refractivity contribution in [2.75, 3.05) is 11.5 Å². The number of imidazole rings is 1. The summed E-state index contributed by atoms with van der Waals surface area (Å²) < 4.78 is 11.7. The quantitative estimate of drug-likeness (QED) is 0.161. The first-order valence-corrected chi connectivity index (χ1v) is 16.9. The average Bonchev–Trinajstić information content (AvgIpc) is 3.68. The minimum atomic E-state index is -1.22. The lowest BCUT2D eigenvalue weighted by atomic mass is 9.92. The monoisotopic (exact) mass is 698 g/mol. The van der Waals surface area contributed by atoms with Crippen LogP contribution in [0.3, 0.4) is 0 Å². The van der Waals surface area contributed by atoms with Crippen molar-refractivity contribution in [1.82, 2.24) is 23.7 Å². The molecule has 0 aliphatic carbocycles. The maximum Gasteiger partial charge on any atom is 0.358 e. The lowest BCUT2D eigenvalue weighted by Crippen LogP contribution is -2.46. The van der Waals surface area contributed by atoms with Crippen molar-refractivity contribution in [3.8, 4) is 5.75 Å². The zero-order valence-electron chi connectivity index (χ0n) is 28.1. The number of carbonyl (C=O) groups is 2. The van der Waals surface area contributed by atoms with E-state index in [-0.39, 0.29) is 23.5 Å². The van der Waals surface area contributed by atoms with E-state index in [1.54, 1.807) is 38.4 Å². The number of carboxylic acid groups (broad SMARTS) is 1. The summed E-state index contributed by atoms with van der Waals surface area (Å²) in [6.45, 7) is 10.3. The van der Waals surface area contributed by atoms with E-state index in [4.69, 9.17) is 33.0 Å². The number of carbonyl (C=O) groups excluding carboxylic acids is 1. The van der Waals surface area contributed by atoms with Gasteiger partial charge in [0.25, 0.3) is 5.91 Å². The fourth-order valence-electron chi connectivity index (χ4n) is 7.46. The number of halogens is 2. The molecule has 49 heavy (non-hydrogen) atoms. The van der Waals surface area contributed by atoms with Crippen LogP contribution in [0.25, 0.3) is 16.6 Å². The number of pyridine rings is 1. The van der Waals surface area contributed by atoms with Crippen LogP contribution in [0.2, 0.25) is 10.0 Å². The van der Waals surface area contributed by atoms with Gasteiger partial charge in [0.1, 0.15) is 17.1 Å². The zero-order chi connectivity index (χ0) is 34.9. The van der Waals surface area contributed by atoms with Crippen LogP contribution in [0, 0.1) is 27.7 Å². The van der Waals surface area contributed by atoms with E-state index in [1.807, 2.05) is 65.1 Å². The third-order valence-corrected chi connectivity index (χ3v) is 10.5. The molecule has 0 bridgehead atoms. The van der Waals surface area contributed by atoms with Crippen LogP contribution < -0.4 is 9.64 Å². The number of amides is 1. The van der Waals surface area contributed by atoms with E-state index in [9.17, 15) is 9.90 Å². The normalized spacial score (nSPS) is 16.2. The number of fused-ring (bicyclic) bond motifs is 4. The van der Waals surface area contributed by atoms with E-state index < -0.39 is 12.0 Å². The predicted octanol–water partition coefficient (Wildman–Crippen LogP) is 8.24. The van der Waals surface area contributed by atoms with Gasteiger partial charge in [0.05, 0.1) is 29.9 Å². The molecule has 0 spiro atoms. The number of rotatable bonds is 8. The molecule has 1 amide bonds. The van der Waals surface area contributed by atoms with E-state index in [1.165, 1.54) is 0 Å². The molecule has 1 aliphatic heterocycles. The van der Waals surface area contributed by atoms with Crippen LogP contribution in [0.1, 0.15) is 80.0 Å². The number of anilines is 1. The number of hydrogen-bond donors (Lipinski definition) is 1. The van der Waals surface area contributed by atoms with Gasteiger partial charge >= 0.3 is 5.97 Å². The van der Waals surface area contributed by atoms with Crippen molar-refractivity contribution in [2.24, 2.45) is 7.05 Å². The van der Waals surface area contributed by atoms with Gasteiger partial charge in [-0.15, -0.1) is 0 Å². The van der Waals surface area contributed by atoms with Gasteiger partial charge in [0.2, 0.25) is 0 Å². The van der Waals surface area contributed by atoms with Gasteiger partial charge in [-0.1, -0.05) is 35.3 Å². The summed E-state index contributed by atoms with van der Waals surface area (Å²) in [7, 11) is 1.87. The highest BCUT2D eigenvalue weighted by Gasteiger charge is 2.46. The zero-order valence-corrected chi connectivity index (χ0v) is 29.6. The number of aromatic nitrogens is 5. The number of aromatic carboxylic acids is 1. The number of ether oxygens (including phenoxy) is 1. The molecular weight excluding hydrogens is 663 g/mol. The number of aryl methyl sites for hydroxylation is 5. The van der Waals surface area contributed by atoms with Gasteiger partial charge in [-0.2, -0.15) is 5.10 Å². The van der Waals surface area contributed by atoms with Crippen LogP contribution >= 0.6 is 23.2 Å². The molecule has 10 nitrogen and oxygen atoms in total. The van der Waals surface area contributed by atoms with Crippen LogP contribution in [0.15, 0.2) is 54.7 Å². The minimum absolute atomic E-state index is 0.199. The molecule has 4 aromatic heterocycles. The number of benzene rings is 2. The highest BCUT2D eigenvalue weighted by atomic mass is 35.5. The van der Waals surface area contributed by atoms with E-state index >= 15 is 4.79 Å². The largest absolute Gasteiger partial charge is 0.494 e. The molecular formula is C37H36Cl2N6O4. The Morgan fingerprint density at radius 3 is 2.45 bits per heavy atom. The number of hydrogen-bond acceptors (Lipinski definition) is 5. The lowest BCUT2D eigenvalue weighted by Gasteiger charge is -2.41. The molecule has 0 saturated carbocycles. The summed E-state index contributed by atoms with van der Waals surface area (Å²) in [4.78, 5) is 34.2. The second-order valence-electron chi connectivity index (χ2n) is 12.8. The molecule has 2 atom stereocenters. The summed E-state index contributed by atoms with van der Waals surface area (Å²) in [6.07, 6.45) is 2.90. The van der Waals surface area contributed by atoms with Gasteiger partial charge < -0.3 is 14.4 Å². The van der Waals surface area contributed by atoms with Gasteiger partial charge in [-0.05, 0) is 101 Å². The molecule has 2 aromatic carbocycles. The van der Waals surface area contributed by atoms with Crippen molar-refractivity contribution in [3.63, 3.8) is 0 Å². The van der Waals surface area contributed by atoms with Crippen LogP contribution in [-0.2, 0) is 13.5 Å². The highest BCUT2D eigenvalue weighted by molar-refractivity contribution is 6.32. The molecule has 12 heteroatoms. The fraction of sp³-hybridized carbons (Fsp3) is 0.297. The average molecular weight is 700 g/mol. The first kappa shape index (κ1) is 32.7. The predicted molar refractivity (Wildman–Crippen MR) is 191 cm³/mol. The summed E-state index contributed by atoms with van der Waals surface area (Å²) in [5, 5.41) is 17.3. The third kappa shape index (κ3) is 5.25. The molecule has 6 aromatic rings. The van der Waals surface area contributed by atoms with Gasteiger partial charge in [-0.3, -0.25) is 18.8 Å². The smallest absolute Gasteiger partial charge is 0.358 e. The summed E-state index contributed by atoms with van der Waals surface area (Å²) in [5.41, 5.74) is 6.77. The van der Waals surface area contributed by atoms with Crippen molar-refractivity contribution in [3.05, 3.63) is 110 Å². The Morgan fingerprint density at radius 2 is 1.78 bits per heavy atom. The molecule has 1 N–H and O–H groups in total. The first-order chi connectivity index (χ1) is 23.4. The molecule has 7 rings (SSSR count). The minimum Gasteiger partial charge on any atom is -0.494 e. The maximum atomic E-state index is 15.3. The fourth-order valence-corrected chi connectivity index (χ4v) is 7.74. The number of nitrogens with zero attached hydrogens (tertiary/aromatic N) is 6. The topological polar surface area (TPSA) is 107 Å². The van der Waals surface area contributed by atoms with Gasteiger partial charge in [0.15, 0.2) is 11.5 Å². The Bertz CT molecular complexity index is 2300. The van der Waals surface area contributed by atoms with Crippen LogP contribution in [0.5, 0.6) is 5.75 Å². The Labute approximate surface area is 293 Å². The lowest BCUT2D eigenvalue weighted by molar-refractivity contribution is 0.0691. The van der Waals surface area contributed by atoms with Crippen molar-refractivity contribution in [1.29, 1.82) is 0 Å². The molecule has 0 fully saturated rings. The highest BCUT2D eigenvalue weighted by Crippen LogP contribution is 2.48.